The van der Waals surface area contributed by atoms with Crippen molar-refractivity contribution in [1.82, 2.24) is 0 Å². The number of benzene rings is 2. The van der Waals surface area contributed by atoms with Gasteiger partial charge in [-0.3, -0.25) is 0 Å². The van der Waals surface area contributed by atoms with Crippen molar-refractivity contribution < 1.29 is 27.4 Å². The van der Waals surface area contributed by atoms with Gasteiger partial charge in [-0.2, -0.15) is 13.2 Å². The molecule has 0 unspecified atom stereocenters. The molecule has 0 aromatic heterocycles. The van der Waals surface area contributed by atoms with Crippen LogP contribution in [0.5, 0.6) is 11.5 Å². The Kier molecular flexibility index (Phi) is 7.70. The Morgan fingerprint density at radius 1 is 0.964 bits per heavy atom. The summed E-state index contributed by atoms with van der Waals surface area (Å²) in [7, 11) is 0. The summed E-state index contributed by atoms with van der Waals surface area (Å²) in [6.07, 6.45) is -2.16. The van der Waals surface area contributed by atoms with Gasteiger partial charge in [-0.1, -0.05) is 17.9 Å². The zero-order valence-corrected chi connectivity index (χ0v) is 15.3. The van der Waals surface area contributed by atoms with E-state index in [-0.39, 0.29) is 13.0 Å². The molecule has 2 aromatic rings. The lowest BCUT2D eigenvalue weighted by Crippen LogP contribution is -2.09. The molecule has 6 heteroatoms. The molecular weight excluding hydrogens is 369 g/mol. The number of carbonyl (C=O) groups is 1. The van der Waals surface area contributed by atoms with Gasteiger partial charge in [0.25, 0.3) is 0 Å². The summed E-state index contributed by atoms with van der Waals surface area (Å²) in [6, 6.07) is 13.6. The van der Waals surface area contributed by atoms with E-state index in [0.29, 0.717) is 11.5 Å². The van der Waals surface area contributed by atoms with E-state index in [1.807, 2.05) is 0 Å². The predicted molar refractivity (Wildman–Crippen MR) is 100 cm³/mol. The first kappa shape index (κ1) is 21.1. The standard InChI is InChI=1S/C22H19F3O3/c1-2-4-21(26)28-20-13-9-18(10-14-20)6-5-17-7-11-19(12-8-17)27-16-3-15-22(23,24)25/h2,4,7-14H,3,15-16H2,1H3/b4-2+. The van der Waals surface area contributed by atoms with Crippen molar-refractivity contribution in [3.63, 3.8) is 0 Å². The molecule has 0 N–H and O–H groups in total. The third-order valence-corrected chi connectivity index (χ3v) is 3.45. The number of esters is 1. The first-order valence-corrected chi connectivity index (χ1v) is 8.62. The maximum atomic E-state index is 12.1. The molecule has 0 spiro atoms. The molecule has 0 fully saturated rings. The molecular formula is C22H19F3O3. The summed E-state index contributed by atoms with van der Waals surface area (Å²) >= 11 is 0. The Hall–Kier alpha value is -3.20. The van der Waals surface area contributed by atoms with Gasteiger partial charge in [0.15, 0.2) is 0 Å². The van der Waals surface area contributed by atoms with E-state index in [9.17, 15) is 18.0 Å². The minimum absolute atomic E-state index is 0.00943. The van der Waals surface area contributed by atoms with Gasteiger partial charge in [-0.05, 0) is 61.9 Å². The Balaban J connectivity index is 1.87. The second kappa shape index (κ2) is 10.2. The van der Waals surface area contributed by atoms with Crippen molar-refractivity contribution in [3.8, 4) is 23.3 Å². The molecule has 0 aliphatic carbocycles. The minimum Gasteiger partial charge on any atom is -0.494 e. The van der Waals surface area contributed by atoms with Crippen LogP contribution in [0.4, 0.5) is 13.2 Å². The lowest BCUT2D eigenvalue weighted by molar-refractivity contribution is -0.136. The topological polar surface area (TPSA) is 35.5 Å². The van der Waals surface area contributed by atoms with Crippen molar-refractivity contribution in [1.29, 1.82) is 0 Å². The Morgan fingerprint density at radius 2 is 1.50 bits per heavy atom. The third-order valence-electron chi connectivity index (χ3n) is 3.45. The maximum absolute atomic E-state index is 12.1. The van der Waals surface area contributed by atoms with E-state index in [1.54, 1.807) is 61.5 Å². The maximum Gasteiger partial charge on any atom is 0.389 e. The highest BCUT2D eigenvalue weighted by atomic mass is 19.4. The largest absolute Gasteiger partial charge is 0.494 e. The Morgan fingerprint density at radius 3 is 2.00 bits per heavy atom. The number of rotatable bonds is 6. The summed E-state index contributed by atoms with van der Waals surface area (Å²) in [6.45, 7) is 1.74. The zero-order chi connectivity index (χ0) is 20.4. The molecule has 3 nitrogen and oxygen atoms in total. The SMILES string of the molecule is C/C=C/C(=O)Oc1ccc(C#Cc2ccc(OCCCC(F)(F)F)cc2)cc1. The molecule has 0 heterocycles. The second-order valence-electron chi connectivity index (χ2n) is 5.79. The van der Waals surface area contributed by atoms with Crippen LogP contribution < -0.4 is 9.47 Å². The van der Waals surface area contributed by atoms with Gasteiger partial charge in [0.2, 0.25) is 0 Å². The number of alkyl halides is 3. The lowest BCUT2D eigenvalue weighted by atomic mass is 10.2. The Labute approximate surface area is 161 Å². The molecule has 0 radical (unpaired) electrons. The monoisotopic (exact) mass is 388 g/mol. The molecule has 2 rings (SSSR count). The van der Waals surface area contributed by atoms with Crippen LogP contribution in [0, 0.1) is 11.8 Å². The van der Waals surface area contributed by atoms with Crippen LogP contribution in [0.2, 0.25) is 0 Å². The molecule has 0 aliphatic heterocycles. The van der Waals surface area contributed by atoms with Crippen molar-refractivity contribution in [2.24, 2.45) is 0 Å². The average Bonchev–Trinajstić information content (AvgIpc) is 2.65. The van der Waals surface area contributed by atoms with Crippen molar-refractivity contribution in [2.45, 2.75) is 25.9 Å². The van der Waals surface area contributed by atoms with Crippen LogP contribution in [0.15, 0.2) is 60.7 Å². The molecule has 0 saturated heterocycles. The van der Waals surface area contributed by atoms with E-state index in [0.717, 1.165) is 11.1 Å². The number of hydrogen-bond donors (Lipinski definition) is 0. The van der Waals surface area contributed by atoms with Gasteiger partial charge >= 0.3 is 12.1 Å². The first-order chi connectivity index (χ1) is 13.4. The van der Waals surface area contributed by atoms with Crippen LogP contribution in [-0.4, -0.2) is 18.8 Å². The molecule has 0 bridgehead atoms. The van der Waals surface area contributed by atoms with Crippen molar-refractivity contribution in [2.75, 3.05) is 6.61 Å². The number of allylic oxidation sites excluding steroid dienone is 1. The fourth-order valence-electron chi connectivity index (χ4n) is 2.13. The third kappa shape index (κ3) is 8.00. The van der Waals surface area contributed by atoms with Gasteiger partial charge in [-0.15, -0.1) is 0 Å². The number of hydrogen-bond acceptors (Lipinski definition) is 3. The van der Waals surface area contributed by atoms with Gasteiger partial charge in [0.05, 0.1) is 6.61 Å². The number of carbonyl (C=O) groups excluding carboxylic acids is 1. The van der Waals surface area contributed by atoms with Crippen LogP contribution >= 0.6 is 0 Å². The summed E-state index contributed by atoms with van der Waals surface area (Å²) in [4.78, 5) is 11.4. The summed E-state index contributed by atoms with van der Waals surface area (Å²) in [5.74, 6) is 6.46. The quantitative estimate of drug-likeness (QED) is 0.222. The number of ether oxygens (including phenoxy) is 2. The number of halogens is 3. The van der Waals surface area contributed by atoms with Crippen molar-refractivity contribution in [3.05, 3.63) is 71.8 Å². The fraction of sp³-hybridized carbons (Fsp3) is 0.227. The highest BCUT2D eigenvalue weighted by Gasteiger charge is 2.26. The minimum atomic E-state index is -4.16. The van der Waals surface area contributed by atoms with Crippen LogP contribution in [0.3, 0.4) is 0 Å². The van der Waals surface area contributed by atoms with Crippen LogP contribution in [-0.2, 0) is 4.79 Å². The van der Waals surface area contributed by atoms with Crippen LogP contribution in [0.1, 0.15) is 30.9 Å². The highest BCUT2D eigenvalue weighted by Crippen LogP contribution is 2.21. The van der Waals surface area contributed by atoms with E-state index < -0.39 is 18.6 Å². The summed E-state index contributed by atoms with van der Waals surface area (Å²) in [5, 5.41) is 0. The average molecular weight is 388 g/mol. The Bertz CT molecular complexity index is 855. The molecule has 2 aromatic carbocycles. The van der Waals surface area contributed by atoms with E-state index in [4.69, 9.17) is 9.47 Å². The van der Waals surface area contributed by atoms with Gasteiger partial charge < -0.3 is 9.47 Å². The van der Waals surface area contributed by atoms with Gasteiger partial charge in [0, 0.05) is 23.6 Å². The molecule has 146 valence electrons. The van der Waals surface area contributed by atoms with Crippen LogP contribution in [0.25, 0.3) is 0 Å². The summed E-state index contributed by atoms with van der Waals surface area (Å²) < 4.78 is 46.6. The molecule has 0 saturated carbocycles. The smallest absolute Gasteiger partial charge is 0.389 e. The normalized spacial score (nSPS) is 11.0. The molecule has 0 atom stereocenters. The van der Waals surface area contributed by atoms with Crippen molar-refractivity contribution >= 4 is 5.97 Å². The van der Waals surface area contributed by atoms with E-state index >= 15 is 0 Å². The fourth-order valence-corrected chi connectivity index (χ4v) is 2.13. The van der Waals surface area contributed by atoms with Gasteiger partial charge in [0.1, 0.15) is 11.5 Å². The highest BCUT2D eigenvalue weighted by molar-refractivity contribution is 5.83. The zero-order valence-electron chi connectivity index (χ0n) is 15.3. The molecule has 28 heavy (non-hydrogen) atoms. The lowest BCUT2D eigenvalue weighted by Gasteiger charge is -2.08. The molecule has 0 aliphatic rings. The molecule has 0 amide bonds. The van der Waals surface area contributed by atoms with Gasteiger partial charge in [-0.25, -0.2) is 4.79 Å². The first-order valence-electron chi connectivity index (χ1n) is 8.62. The predicted octanol–water partition coefficient (Wildman–Crippen LogP) is 5.29. The summed E-state index contributed by atoms with van der Waals surface area (Å²) in [5.41, 5.74) is 1.49. The van der Waals surface area contributed by atoms with E-state index in [2.05, 4.69) is 11.8 Å². The second-order valence-corrected chi connectivity index (χ2v) is 5.79. The van der Waals surface area contributed by atoms with E-state index in [1.165, 1.54) is 6.08 Å².